The fourth-order valence-electron chi connectivity index (χ4n) is 1.51. The van der Waals surface area contributed by atoms with E-state index in [1.165, 1.54) is 0 Å². The summed E-state index contributed by atoms with van der Waals surface area (Å²) in [7, 11) is 0. The van der Waals surface area contributed by atoms with Crippen LogP contribution in [0.2, 0.25) is 5.02 Å². The van der Waals surface area contributed by atoms with Crippen molar-refractivity contribution in [2.24, 2.45) is 0 Å². The van der Waals surface area contributed by atoms with Crippen LogP contribution in [0.15, 0.2) is 29.1 Å². The molecule has 10 heteroatoms. The maximum Gasteiger partial charge on any atom is 0.432 e. The molecule has 0 radical (unpaired) electrons. The van der Waals surface area contributed by atoms with Crippen LogP contribution in [0.3, 0.4) is 0 Å². The molecule has 106 valence electrons. The first-order valence-corrected chi connectivity index (χ1v) is 5.41. The van der Waals surface area contributed by atoms with Crippen LogP contribution in [0.1, 0.15) is 5.69 Å². The van der Waals surface area contributed by atoms with Crippen LogP contribution in [0.5, 0.6) is 0 Å². The number of non-ortho nitro benzene ring substituents is 1. The minimum Gasteiger partial charge on any atom is -0.286 e. The molecule has 1 aromatic heterocycles. The van der Waals surface area contributed by atoms with Crippen molar-refractivity contribution >= 4 is 17.3 Å². The average molecular weight is 308 g/mol. The lowest BCUT2D eigenvalue weighted by molar-refractivity contribution is -0.384. The Morgan fingerprint density at radius 3 is 2.40 bits per heavy atom. The summed E-state index contributed by atoms with van der Waals surface area (Å²) in [6.45, 7) is 0. The zero-order valence-electron chi connectivity index (χ0n) is 9.44. The first kappa shape index (κ1) is 14.1. The van der Waals surface area contributed by atoms with Gasteiger partial charge in [0.25, 0.3) is 11.2 Å². The number of aromatic amines is 1. The second kappa shape index (κ2) is 4.67. The van der Waals surface area contributed by atoms with Crippen molar-refractivity contribution in [2.45, 2.75) is 6.18 Å². The van der Waals surface area contributed by atoms with Crippen LogP contribution in [-0.2, 0) is 6.18 Å². The summed E-state index contributed by atoms with van der Waals surface area (Å²) < 4.78 is 37.9. The first-order valence-electron chi connectivity index (χ1n) is 5.04. The van der Waals surface area contributed by atoms with E-state index in [4.69, 9.17) is 11.6 Å². The summed E-state index contributed by atoms with van der Waals surface area (Å²) in [6, 6.07) is 3.43. The van der Waals surface area contributed by atoms with Crippen LogP contribution in [-0.4, -0.2) is 14.7 Å². The fraction of sp³-hybridized carbons (Fsp3) is 0.100. The topological polar surface area (TPSA) is 80.9 Å². The molecular weight excluding hydrogens is 303 g/mol. The van der Waals surface area contributed by atoms with E-state index in [1.807, 2.05) is 5.10 Å². The van der Waals surface area contributed by atoms with Gasteiger partial charge in [-0.05, 0) is 6.07 Å². The van der Waals surface area contributed by atoms with Gasteiger partial charge in [0, 0.05) is 18.2 Å². The van der Waals surface area contributed by atoms with E-state index in [-0.39, 0.29) is 16.4 Å². The molecule has 1 N–H and O–H groups in total. The van der Waals surface area contributed by atoms with Gasteiger partial charge in [0.1, 0.15) is 5.69 Å². The van der Waals surface area contributed by atoms with Crippen molar-refractivity contribution in [1.29, 1.82) is 0 Å². The Balaban J connectivity index is 2.55. The average Bonchev–Trinajstić information content (AvgIpc) is 2.71. The zero-order valence-corrected chi connectivity index (χ0v) is 10.2. The van der Waals surface area contributed by atoms with Crippen molar-refractivity contribution < 1.29 is 18.1 Å². The Morgan fingerprint density at radius 2 is 1.95 bits per heavy atom. The summed E-state index contributed by atoms with van der Waals surface area (Å²) in [5.74, 6) is 0. The molecule has 2 rings (SSSR count). The van der Waals surface area contributed by atoms with Gasteiger partial charge in [-0.15, -0.1) is 0 Å². The highest BCUT2D eigenvalue weighted by atomic mass is 35.5. The molecule has 0 unspecified atom stereocenters. The third-order valence-corrected chi connectivity index (χ3v) is 2.71. The summed E-state index contributed by atoms with van der Waals surface area (Å²) in [5.41, 5.74) is -2.67. The number of aromatic nitrogens is 2. The molecule has 0 spiro atoms. The van der Waals surface area contributed by atoms with Crippen molar-refractivity contribution in [3.05, 3.63) is 55.5 Å². The number of halogens is 4. The standard InChI is InChI=1S/C10H5ClF3N3O3/c11-6-3-5(17(19)20)1-2-7(6)16-9(18)4-8(15-16)10(12,13)14/h1-4,15H. The van der Waals surface area contributed by atoms with Gasteiger partial charge < -0.3 is 0 Å². The minimum absolute atomic E-state index is 0.113. The van der Waals surface area contributed by atoms with Crippen molar-refractivity contribution in [2.75, 3.05) is 0 Å². The monoisotopic (exact) mass is 307 g/mol. The highest BCUT2D eigenvalue weighted by Gasteiger charge is 2.33. The lowest BCUT2D eigenvalue weighted by Crippen LogP contribution is -2.14. The summed E-state index contributed by atoms with van der Waals surface area (Å²) in [5, 5.41) is 12.2. The van der Waals surface area contributed by atoms with Crippen molar-refractivity contribution in [1.82, 2.24) is 9.78 Å². The fourth-order valence-corrected chi connectivity index (χ4v) is 1.77. The molecule has 0 saturated carbocycles. The Hall–Kier alpha value is -2.29. The molecule has 1 aromatic carbocycles. The number of rotatable bonds is 2. The zero-order chi connectivity index (χ0) is 15.1. The number of alkyl halides is 3. The third-order valence-electron chi connectivity index (χ3n) is 2.41. The van der Waals surface area contributed by atoms with Crippen molar-refractivity contribution in [3.8, 4) is 5.69 Å². The van der Waals surface area contributed by atoms with Crippen molar-refractivity contribution in [3.63, 3.8) is 0 Å². The highest BCUT2D eigenvalue weighted by Crippen LogP contribution is 2.28. The second-order valence-electron chi connectivity index (χ2n) is 3.73. The van der Waals surface area contributed by atoms with Gasteiger partial charge in [0.15, 0.2) is 0 Å². The lowest BCUT2D eigenvalue weighted by Gasteiger charge is -2.06. The van der Waals surface area contributed by atoms with E-state index in [0.29, 0.717) is 10.7 Å². The molecule has 2 aromatic rings. The van der Waals surface area contributed by atoms with E-state index in [0.717, 1.165) is 18.2 Å². The van der Waals surface area contributed by atoms with Gasteiger partial charge in [0.05, 0.1) is 15.6 Å². The van der Waals surface area contributed by atoms with E-state index in [1.54, 1.807) is 0 Å². The largest absolute Gasteiger partial charge is 0.432 e. The predicted molar refractivity (Wildman–Crippen MR) is 63.1 cm³/mol. The summed E-state index contributed by atoms with van der Waals surface area (Å²) in [4.78, 5) is 21.3. The smallest absolute Gasteiger partial charge is 0.286 e. The maximum atomic E-state index is 12.5. The van der Waals surface area contributed by atoms with Gasteiger partial charge in [-0.25, -0.2) is 4.68 Å². The number of nitro groups is 1. The molecule has 20 heavy (non-hydrogen) atoms. The van der Waals surface area contributed by atoms with E-state index in [9.17, 15) is 28.1 Å². The summed E-state index contributed by atoms with van der Waals surface area (Å²) >= 11 is 5.74. The molecule has 0 atom stereocenters. The van der Waals surface area contributed by atoms with Crippen LogP contribution in [0.25, 0.3) is 5.69 Å². The number of nitrogens with one attached hydrogen (secondary N) is 1. The van der Waals surface area contributed by atoms with Gasteiger partial charge in [-0.2, -0.15) is 13.2 Å². The number of H-pyrrole nitrogens is 1. The molecule has 0 aliphatic carbocycles. The molecule has 0 saturated heterocycles. The number of nitrogens with zero attached hydrogens (tertiary/aromatic N) is 2. The summed E-state index contributed by atoms with van der Waals surface area (Å²) in [6.07, 6.45) is -4.71. The lowest BCUT2D eigenvalue weighted by atomic mass is 10.3. The van der Waals surface area contributed by atoms with E-state index in [2.05, 4.69) is 0 Å². The molecule has 0 fully saturated rings. The molecule has 1 heterocycles. The highest BCUT2D eigenvalue weighted by molar-refractivity contribution is 6.32. The SMILES string of the molecule is O=c1cc(C(F)(F)F)[nH]n1-c1ccc([N+](=O)[O-])cc1Cl. The Bertz CT molecular complexity index is 735. The quantitative estimate of drug-likeness (QED) is 0.684. The minimum atomic E-state index is -4.71. The van der Waals surface area contributed by atoms with E-state index >= 15 is 0 Å². The van der Waals surface area contributed by atoms with Crippen LogP contribution in [0, 0.1) is 10.1 Å². The number of benzene rings is 1. The van der Waals surface area contributed by atoms with Crippen LogP contribution < -0.4 is 5.56 Å². The van der Waals surface area contributed by atoms with Gasteiger partial charge in [0.2, 0.25) is 0 Å². The Kier molecular flexibility index (Phi) is 3.30. The molecule has 0 aliphatic heterocycles. The molecule has 0 amide bonds. The maximum absolute atomic E-state index is 12.5. The van der Waals surface area contributed by atoms with Crippen LogP contribution in [0.4, 0.5) is 18.9 Å². The third kappa shape index (κ3) is 2.52. The number of nitro benzene ring substituents is 1. The second-order valence-corrected chi connectivity index (χ2v) is 4.14. The van der Waals surface area contributed by atoms with E-state index < -0.39 is 22.4 Å². The number of hydrogen-bond acceptors (Lipinski definition) is 3. The Labute approximate surface area is 113 Å². The molecule has 6 nitrogen and oxygen atoms in total. The van der Waals surface area contributed by atoms with Crippen LogP contribution >= 0.6 is 11.6 Å². The first-order chi connectivity index (χ1) is 9.20. The Morgan fingerprint density at radius 1 is 1.30 bits per heavy atom. The molecular formula is C10H5ClF3N3O3. The predicted octanol–water partition coefficient (Wildman–Crippen LogP) is 2.75. The normalized spacial score (nSPS) is 11.6. The molecule has 0 bridgehead atoms. The van der Waals surface area contributed by atoms with Gasteiger partial charge in [-0.1, -0.05) is 11.6 Å². The molecule has 0 aliphatic rings. The van der Waals surface area contributed by atoms with Gasteiger partial charge in [-0.3, -0.25) is 20.0 Å². The number of hydrogen-bond donors (Lipinski definition) is 1. The van der Waals surface area contributed by atoms with Gasteiger partial charge >= 0.3 is 6.18 Å².